The molecule has 0 aliphatic rings. The van der Waals surface area contributed by atoms with Crippen molar-refractivity contribution in [3.8, 4) is 0 Å². The third-order valence-electron chi connectivity index (χ3n) is 8.72. The summed E-state index contributed by atoms with van der Waals surface area (Å²) in [6, 6.07) is -0.940. The second-order valence-electron chi connectivity index (χ2n) is 15.3. The Bertz CT molecular complexity index is 1290. The number of amides is 1. The van der Waals surface area contributed by atoms with Crippen LogP contribution in [0.25, 0.3) is 0 Å². The fourth-order valence-corrected chi connectivity index (χ4v) is 5.99. The van der Waals surface area contributed by atoms with Gasteiger partial charge in [0.25, 0.3) is 7.82 Å². The number of quaternary nitrogens is 1. The molecule has 0 spiro atoms. The van der Waals surface area contributed by atoms with E-state index in [1.807, 2.05) is 27.2 Å². The summed E-state index contributed by atoms with van der Waals surface area (Å²) in [5, 5.41) is 13.7. The summed E-state index contributed by atoms with van der Waals surface area (Å²) < 4.78 is 23.1. The van der Waals surface area contributed by atoms with E-state index in [0.29, 0.717) is 17.4 Å². The number of hydrogen-bond acceptors (Lipinski definition) is 6. The molecule has 0 bridgehead atoms. The number of allylic oxidation sites excluding steroid dienone is 17. The third-order valence-corrected chi connectivity index (χ3v) is 9.68. The van der Waals surface area contributed by atoms with Gasteiger partial charge in [-0.2, -0.15) is 0 Å². The van der Waals surface area contributed by atoms with Gasteiger partial charge in [-0.1, -0.05) is 155 Å². The van der Waals surface area contributed by atoms with Crippen LogP contribution in [0, 0.1) is 0 Å². The minimum absolute atomic E-state index is 0.0241. The Labute approximate surface area is 349 Å². The molecule has 0 saturated heterocycles. The molecular weight excluding hydrogens is 732 g/mol. The van der Waals surface area contributed by atoms with E-state index >= 15 is 0 Å². The van der Waals surface area contributed by atoms with Crippen LogP contribution in [0.2, 0.25) is 0 Å². The van der Waals surface area contributed by atoms with E-state index in [-0.39, 0.29) is 18.9 Å². The molecule has 0 aliphatic carbocycles. The Balaban J connectivity index is 4.57. The van der Waals surface area contributed by atoms with Gasteiger partial charge < -0.3 is 28.8 Å². The number of aliphatic hydroxyl groups is 1. The summed E-state index contributed by atoms with van der Waals surface area (Å²) in [6.45, 7) is 4.41. The molecule has 2 N–H and O–H groups in total. The van der Waals surface area contributed by atoms with Gasteiger partial charge in [0.05, 0.1) is 39.9 Å². The summed E-state index contributed by atoms with van der Waals surface area (Å²) in [5.74, 6) is -0.272. The average Bonchev–Trinajstić information content (AvgIpc) is 3.16. The number of rotatable bonds is 37. The Hall–Kier alpha value is -2.84. The normalized spacial score (nSPS) is 15.4. The topological polar surface area (TPSA) is 108 Å². The molecule has 0 aromatic rings. The minimum Gasteiger partial charge on any atom is -0.756 e. The zero-order valence-corrected chi connectivity index (χ0v) is 37.4. The Morgan fingerprint density at radius 1 is 0.632 bits per heavy atom. The number of unbranched alkanes of at least 4 members (excludes halogenated alkanes) is 8. The second-order valence-corrected chi connectivity index (χ2v) is 16.7. The maximum Gasteiger partial charge on any atom is 0.268 e. The molecule has 1 amide bonds. The second kappa shape index (κ2) is 38.7. The molecule has 57 heavy (non-hydrogen) atoms. The van der Waals surface area contributed by atoms with Gasteiger partial charge in [0, 0.05) is 6.42 Å². The van der Waals surface area contributed by atoms with Crippen LogP contribution in [0.15, 0.2) is 109 Å². The Kier molecular flexibility index (Phi) is 36.7. The van der Waals surface area contributed by atoms with Gasteiger partial charge in [-0.3, -0.25) is 9.36 Å². The van der Waals surface area contributed by atoms with Crippen LogP contribution in [0.4, 0.5) is 0 Å². The molecule has 0 rings (SSSR count). The number of phosphoric ester groups is 1. The van der Waals surface area contributed by atoms with E-state index in [4.69, 9.17) is 9.05 Å². The first kappa shape index (κ1) is 54.2. The Morgan fingerprint density at radius 3 is 1.63 bits per heavy atom. The quantitative estimate of drug-likeness (QED) is 0.0280. The van der Waals surface area contributed by atoms with E-state index in [1.165, 1.54) is 38.5 Å². The lowest BCUT2D eigenvalue weighted by Crippen LogP contribution is -2.45. The zero-order valence-electron chi connectivity index (χ0n) is 36.5. The first-order chi connectivity index (χ1) is 27.5. The van der Waals surface area contributed by atoms with Gasteiger partial charge in [-0.25, -0.2) is 0 Å². The highest BCUT2D eigenvalue weighted by molar-refractivity contribution is 7.45. The summed E-state index contributed by atoms with van der Waals surface area (Å²) in [5.41, 5.74) is 0. The number of phosphoric acid groups is 1. The smallest absolute Gasteiger partial charge is 0.268 e. The van der Waals surface area contributed by atoms with E-state index < -0.39 is 26.6 Å². The Morgan fingerprint density at radius 2 is 1.09 bits per heavy atom. The SMILES string of the molecule is CC/C=C\C/C=C\C/C=C\C/C=C\C/C=C\C/C=C\C/C=C\CCCC(=O)NC(COP(=O)([O-])OCC[N+](C)(C)C)C(O)/C=C/CC/C=C/CCCCCCCC. The third kappa shape index (κ3) is 41.1. The number of nitrogens with one attached hydrogen (secondary N) is 1. The van der Waals surface area contributed by atoms with Gasteiger partial charge in [0.2, 0.25) is 5.91 Å². The molecule has 0 aromatic heterocycles. The van der Waals surface area contributed by atoms with Crippen LogP contribution < -0.4 is 10.2 Å². The van der Waals surface area contributed by atoms with Crippen molar-refractivity contribution in [2.75, 3.05) is 40.9 Å². The van der Waals surface area contributed by atoms with Gasteiger partial charge in [0.1, 0.15) is 13.2 Å². The van der Waals surface area contributed by atoms with Crippen LogP contribution in [-0.4, -0.2) is 68.5 Å². The largest absolute Gasteiger partial charge is 0.756 e. The number of nitrogens with zero attached hydrogens (tertiary/aromatic N) is 1. The zero-order chi connectivity index (χ0) is 42.1. The van der Waals surface area contributed by atoms with Crippen LogP contribution >= 0.6 is 7.82 Å². The maximum absolute atomic E-state index is 12.8. The highest BCUT2D eigenvalue weighted by Gasteiger charge is 2.23. The van der Waals surface area contributed by atoms with Crippen molar-refractivity contribution in [3.63, 3.8) is 0 Å². The molecule has 0 aliphatic heterocycles. The van der Waals surface area contributed by atoms with Gasteiger partial charge in [0.15, 0.2) is 0 Å². The molecule has 0 fully saturated rings. The van der Waals surface area contributed by atoms with Crippen LogP contribution in [0.3, 0.4) is 0 Å². The molecule has 8 nitrogen and oxygen atoms in total. The summed E-state index contributed by atoms with van der Waals surface area (Å²) >= 11 is 0. The number of carbonyl (C=O) groups is 1. The first-order valence-electron chi connectivity index (χ1n) is 21.7. The van der Waals surface area contributed by atoms with Crippen molar-refractivity contribution >= 4 is 13.7 Å². The van der Waals surface area contributed by atoms with Crippen LogP contribution in [-0.2, 0) is 18.4 Å². The molecule has 3 atom stereocenters. The monoisotopic (exact) mass is 813 g/mol. The maximum atomic E-state index is 12.8. The fourth-order valence-electron chi connectivity index (χ4n) is 5.27. The van der Waals surface area contributed by atoms with Crippen LogP contribution in [0.5, 0.6) is 0 Å². The van der Waals surface area contributed by atoms with Gasteiger partial charge in [-0.05, 0) is 83.5 Å². The summed E-state index contributed by atoms with van der Waals surface area (Å²) in [7, 11) is 1.18. The minimum atomic E-state index is -4.62. The van der Waals surface area contributed by atoms with Gasteiger partial charge in [-0.15, -0.1) is 0 Å². The van der Waals surface area contributed by atoms with Gasteiger partial charge >= 0.3 is 0 Å². The van der Waals surface area contributed by atoms with E-state index in [0.717, 1.165) is 70.6 Å². The van der Waals surface area contributed by atoms with Crippen molar-refractivity contribution in [1.29, 1.82) is 0 Å². The fraction of sp³-hybridized carbons (Fsp3) is 0.604. The summed E-state index contributed by atoms with van der Waals surface area (Å²) in [6.07, 6.45) is 55.8. The lowest BCUT2D eigenvalue weighted by molar-refractivity contribution is -0.870. The van der Waals surface area contributed by atoms with Crippen molar-refractivity contribution in [2.24, 2.45) is 0 Å². The highest BCUT2D eigenvalue weighted by Crippen LogP contribution is 2.38. The number of hydrogen-bond donors (Lipinski definition) is 2. The van der Waals surface area contributed by atoms with Crippen molar-refractivity contribution in [3.05, 3.63) is 109 Å². The lowest BCUT2D eigenvalue weighted by Gasteiger charge is -2.29. The number of likely N-dealkylation sites (N-methyl/N-ethyl adjacent to an activating group) is 1. The van der Waals surface area contributed by atoms with E-state index in [2.05, 4.69) is 116 Å². The molecule has 3 unspecified atom stereocenters. The number of aliphatic hydroxyl groups excluding tert-OH is 1. The average molecular weight is 813 g/mol. The predicted molar refractivity (Wildman–Crippen MR) is 242 cm³/mol. The lowest BCUT2D eigenvalue weighted by atomic mass is 10.1. The molecule has 0 saturated carbocycles. The highest BCUT2D eigenvalue weighted by atomic mass is 31.2. The first-order valence-corrected chi connectivity index (χ1v) is 23.2. The summed E-state index contributed by atoms with van der Waals surface area (Å²) in [4.78, 5) is 25.2. The van der Waals surface area contributed by atoms with Crippen molar-refractivity contribution in [1.82, 2.24) is 5.32 Å². The molecule has 324 valence electrons. The van der Waals surface area contributed by atoms with E-state index in [9.17, 15) is 19.4 Å². The van der Waals surface area contributed by atoms with E-state index in [1.54, 1.807) is 6.08 Å². The van der Waals surface area contributed by atoms with Crippen molar-refractivity contribution < 1.29 is 32.9 Å². The molecule has 0 radical (unpaired) electrons. The van der Waals surface area contributed by atoms with Crippen LogP contribution in [0.1, 0.15) is 136 Å². The van der Waals surface area contributed by atoms with Crippen molar-refractivity contribution in [2.45, 2.75) is 148 Å². The molecule has 9 heteroatoms. The number of carbonyl (C=O) groups excluding carboxylic acids is 1. The standard InChI is InChI=1S/C48H81N2O6P/c1-6-8-10-12-14-16-18-20-21-22-23-24-25-26-27-28-29-30-32-34-36-38-40-42-48(52)49-46(45-56-57(53,54)55-44-43-50(3,4)5)47(51)41-39-37-35-33-31-19-17-15-13-11-9-7-2/h8,10,14,16,20-21,23-24,26-27,29-31,33-34,36,39,41,46-47,51H,6-7,9,11-13,15,17-19,22,25,28,32,35,37-38,40,42-45H2,1-5H3,(H-,49,52,53,54)/b10-8-,16-14-,21-20-,24-23-,27-26-,30-29-,33-31+,36-34-,41-39+. The molecule has 0 aromatic carbocycles. The predicted octanol–water partition coefficient (Wildman–Crippen LogP) is 11.5. The molecular formula is C48H81N2O6P. The molecule has 0 heterocycles.